The Morgan fingerprint density at radius 3 is 2.50 bits per heavy atom. The predicted molar refractivity (Wildman–Crippen MR) is 54.1 cm³/mol. The van der Waals surface area contributed by atoms with Gasteiger partial charge in [-0.05, 0) is 19.8 Å². The standard InChI is InChI=1S/C9H14ClNO3/c1-2-7(9(13)14)11-8(12)5-3-4-6-10/h2H,3-6H2,1H3,(H,11,12)(H,13,14)/b7-2+. The normalized spacial score (nSPS) is 11.1. The first kappa shape index (κ1) is 13.0. The number of halogens is 1. The van der Waals surface area contributed by atoms with Crippen LogP contribution in [-0.4, -0.2) is 22.9 Å². The largest absolute Gasteiger partial charge is 0.477 e. The Balaban J connectivity index is 3.87. The summed E-state index contributed by atoms with van der Waals surface area (Å²) in [5.74, 6) is -0.897. The van der Waals surface area contributed by atoms with Crippen LogP contribution in [0.15, 0.2) is 11.8 Å². The molecule has 2 N–H and O–H groups in total. The van der Waals surface area contributed by atoms with Crippen LogP contribution in [0.1, 0.15) is 26.2 Å². The van der Waals surface area contributed by atoms with Crippen LogP contribution >= 0.6 is 11.6 Å². The predicted octanol–water partition coefficient (Wildman–Crippen LogP) is 1.50. The SMILES string of the molecule is C/C=C(/NC(=O)CCCCCl)C(=O)O. The highest BCUT2D eigenvalue weighted by Gasteiger charge is 2.09. The van der Waals surface area contributed by atoms with Gasteiger partial charge in [0.15, 0.2) is 0 Å². The summed E-state index contributed by atoms with van der Waals surface area (Å²) in [5.41, 5.74) is -0.0825. The highest BCUT2D eigenvalue weighted by Crippen LogP contribution is 1.98. The average molecular weight is 220 g/mol. The van der Waals surface area contributed by atoms with Crippen LogP contribution in [0.2, 0.25) is 0 Å². The Labute approximate surface area is 87.9 Å². The van der Waals surface area contributed by atoms with E-state index in [0.29, 0.717) is 18.7 Å². The van der Waals surface area contributed by atoms with Crippen molar-refractivity contribution in [1.82, 2.24) is 5.32 Å². The van der Waals surface area contributed by atoms with Gasteiger partial charge in [-0.1, -0.05) is 6.08 Å². The van der Waals surface area contributed by atoms with Crippen LogP contribution in [-0.2, 0) is 9.59 Å². The van der Waals surface area contributed by atoms with Gasteiger partial charge in [-0.2, -0.15) is 0 Å². The first-order valence-corrected chi connectivity index (χ1v) is 4.90. The van der Waals surface area contributed by atoms with Crippen molar-refractivity contribution in [2.75, 3.05) is 5.88 Å². The maximum atomic E-state index is 11.1. The Morgan fingerprint density at radius 1 is 1.43 bits per heavy atom. The molecule has 0 spiro atoms. The highest BCUT2D eigenvalue weighted by molar-refractivity contribution is 6.17. The quantitative estimate of drug-likeness (QED) is 0.404. The molecule has 14 heavy (non-hydrogen) atoms. The third kappa shape index (κ3) is 5.59. The van der Waals surface area contributed by atoms with Gasteiger partial charge in [-0.25, -0.2) is 4.79 Å². The molecule has 5 heteroatoms. The second-order valence-electron chi connectivity index (χ2n) is 2.70. The lowest BCUT2D eigenvalue weighted by Crippen LogP contribution is -2.26. The number of carboxylic acid groups (broad SMARTS) is 1. The van der Waals surface area contributed by atoms with Crippen molar-refractivity contribution in [3.8, 4) is 0 Å². The molecular formula is C9H14ClNO3. The molecular weight excluding hydrogens is 206 g/mol. The number of unbranched alkanes of at least 4 members (excludes halogenated alkanes) is 1. The van der Waals surface area contributed by atoms with Gasteiger partial charge in [-0.15, -0.1) is 11.6 Å². The van der Waals surface area contributed by atoms with E-state index >= 15 is 0 Å². The van der Waals surface area contributed by atoms with Gasteiger partial charge in [0.05, 0.1) is 0 Å². The molecule has 0 saturated carbocycles. The Kier molecular flexibility index (Phi) is 6.84. The fourth-order valence-electron chi connectivity index (χ4n) is 0.842. The van der Waals surface area contributed by atoms with E-state index in [9.17, 15) is 9.59 Å². The lowest BCUT2D eigenvalue weighted by atomic mass is 10.2. The molecule has 4 nitrogen and oxygen atoms in total. The smallest absolute Gasteiger partial charge is 0.352 e. The molecule has 80 valence electrons. The topological polar surface area (TPSA) is 66.4 Å². The summed E-state index contributed by atoms with van der Waals surface area (Å²) < 4.78 is 0. The minimum Gasteiger partial charge on any atom is -0.477 e. The number of hydrogen-bond acceptors (Lipinski definition) is 2. The molecule has 0 fully saturated rings. The number of rotatable bonds is 6. The molecule has 0 aliphatic carbocycles. The Bertz CT molecular complexity index is 238. The number of carbonyl (C=O) groups excluding carboxylic acids is 1. The van der Waals surface area contributed by atoms with E-state index in [4.69, 9.17) is 16.7 Å². The zero-order valence-electron chi connectivity index (χ0n) is 8.05. The van der Waals surface area contributed by atoms with E-state index in [0.717, 1.165) is 6.42 Å². The van der Waals surface area contributed by atoms with Crippen LogP contribution in [0.4, 0.5) is 0 Å². The third-order valence-electron chi connectivity index (χ3n) is 1.58. The molecule has 0 atom stereocenters. The van der Waals surface area contributed by atoms with E-state index in [1.807, 2.05) is 0 Å². The van der Waals surface area contributed by atoms with Crippen molar-refractivity contribution < 1.29 is 14.7 Å². The fourth-order valence-corrected chi connectivity index (χ4v) is 1.03. The van der Waals surface area contributed by atoms with Gasteiger partial charge in [0.25, 0.3) is 0 Å². The number of aliphatic carboxylic acids is 1. The van der Waals surface area contributed by atoms with Gasteiger partial charge in [0.1, 0.15) is 5.70 Å². The lowest BCUT2D eigenvalue weighted by molar-refractivity contribution is -0.134. The van der Waals surface area contributed by atoms with Crippen molar-refractivity contribution in [2.45, 2.75) is 26.2 Å². The van der Waals surface area contributed by atoms with E-state index in [2.05, 4.69) is 5.32 Å². The molecule has 0 radical (unpaired) electrons. The number of carboxylic acids is 1. The summed E-state index contributed by atoms with van der Waals surface area (Å²) >= 11 is 5.43. The van der Waals surface area contributed by atoms with Crippen LogP contribution < -0.4 is 5.32 Å². The number of carbonyl (C=O) groups is 2. The monoisotopic (exact) mass is 219 g/mol. The van der Waals surface area contributed by atoms with Crippen LogP contribution in [0.3, 0.4) is 0 Å². The van der Waals surface area contributed by atoms with E-state index in [-0.39, 0.29) is 11.6 Å². The number of hydrogen-bond donors (Lipinski definition) is 2. The van der Waals surface area contributed by atoms with Crippen molar-refractivity contribution in [3.63, 3.8) is 0 Å². The zero-order valence-corrected chi connectivity index (χ0v) is 8.80. The van der Waals surface area contributed by atoms with Crippen LogP contribution in [0.25, 0.3) is 0 Å². The van der Waals surface area contributed by atoms with Crippen LogP contribution in [0, 0.1) is 0 Å². The zero-order chi connectivity index (χ0) is 11.0. The molecule has 0 aliphatic rings. The molecule has 0 saturated heterocycles. The molecule has 0 aromatic rings. The molecule has 0 unspecified atom stereocenters. The lowest BCUT2D eigenvalue weighted by Gasteiger charge is -2.04. The van der Waals surface area contributed by atoms with Crippen molar-refractivity contribution in [1.29, 1.82) is 0 Å². The van der Waals surface area contributed by atoms with Crippen molar-refractivity contribution in [3.05, 3.63) is 11.8 Å². The number of alkyl halides is 1. The van der Waals surface area contributed by atoms with Crippen LogP contribution in [0.5, 0.6) is 0 Å². The second kappa shape index (κ2) is 7.38. The molecule has 0 aromatic carbocycles. The van der Waals surface area contributed by atoms with Gasteiger partial charge in [0.2, 0.25) is 5.91 Å². The maximum Gasteiger partial charge on any atom is 0.352 e. The van der Waals surface area contributed by atoms with Gasteiger partial charge in [-0.3, -0.25) is 4.79 Å². The first-order chi connectivity index (χ1) is 6.61. The van der Waals surface area contributed by atoms with E-state index in [1.165, 1.54) is 6.08 Å². The second-order valence-corrected chi connectivity index (χ2v) is 3.08. The maximum absolute atomic E-state index is 11.1. The average Bonchev–Trinajstić information content (AvgIpc) is 2.14. The summed E-state index contributed by atoms with van der Waals surface area (Å²) in [6.07, 6.45) is 3.08. The molecule has 0 aromatic heterocycles. The minimum absolute atomic E-state index is 0.0825. The Morgan fingerprint density at radius 2 is 2.07 bits per heavy atom. The van der Waals surface area contributed by atoms with Crippen molar-refractivity contribution in [2.24, 2.45) is 0 Å². The number of amides is 1. The van der Waals surface area contributed by atoms with E-state index < -0.39 is 5.97 Å². The first-order valence-electron chi connectivity index (χ1n) is 4.37. The fraction of sp³-hybridized carbons (Fsp3) is 0.556. The Hall–Kier alpha value is -1.03. The van der Waals surface area contributed by atoms with E-state index in [1.54, 1.807) is 6.92 Å². The van der Waals surface area contributed by atoms with Gasteiger partial charge >= 0.3 is 5.97 Å². The number of nitrogens with one attached hydrogen (secondary N) is 1. The molecule has 0 rings (SSSR count). The molecule has 0 aliphatic heterocycles. The van der Waals surface area contributed by atoms with Crippen molar-refractivity contribution >= 4 is 23.5 Å². The highest BCUT2D eigenvalue weighted by atomic mass is 35.5. The minimum atomic E-state index is -1.13. The summed E-state index contributed by atoms with van der Waals surface area (Å²) in [5, 5.41) is 10.9. The summed E-state index contributed by atoms with van der Waals surface area (Å²) in [4.78, 5) is 21.6. The molecule has 0 heterocycles. The number of allylic oxidation sites excluding steroid dienone is 1. The summed E-state index contributed by atoms with van der Waals surface area (Å²) in [7, 11) is 0. The van der Waals surface area contributed by atoms with Gasteiger partial charge < -0.3 is 10.4 Å². The molecule has 1 amide bonds. The molecule has 0 bridgehead atoms. The summed E-state index contributed by atoms with van der Waals surface area (Å²) in [6.45, 7) is 1.56. The third-order valence-corrected chi connectivity index (χ3v) is 1.85. The summed E-state index contributed by atoms with van der Waals surface area (Å²) in [6, 6.07) is 0. The van der Waals surface area contributed by atoms with Gasteiger partial charge in [0, 0.05) is 12.3 Å².